The molecule has 5 nitrogen and oxygen atoms in total. The first kappa shape index (κ1) is 18.2. The highest BCUT2D eigenvalue weighted by atomic mass is 32.2. The van der Waals surface area contributed by atoms with Gasteiger partial charge in [0, 0.05) is 6.04 Å². The molecule has 0 aliphatic heterocycles. The first-order chi connectivity index (χ1) is 12.6. The number of H-pyrrole nitrogens is 1. The Morgan fingerprint density at radius 1 is 1.15 bits per heavy atom. The average molecular weight is 367 g/mol. The van der Waals surface area contributed by atoms with Crippen molar-refractivity contribution in [2.45, 2.75) is 31.0 Å². The van der Waals surface area contributed by atoms with Crippen molar-refractivity contribution in [1.82, 2.24) is 15.3 Å². The Morgan fingerprint density at radius 2 is 1.88 bits per heavy atom. The smallest absolute Gasteiger partial charge is 0.259 e. The molecule has 0 bridgehead atoms. The summed E-state index contributed by atoms with van der Waals surface area (Å²) in [6, 6.07) is 17.5. The second-order valence-electron chi connectivity index (χ2n) is 6.17. The van der Waals surface area contributed by atoms with Gasteiger partial charge in [0.25, 0.3) is 5.56 Å². The Balaban J connectivity index is 1.50. The predicted octanol–water partition coefficient (Wildman–Crippen LogP) is 3.15. The van der Waals surface area contributed by atoms with E-state index in [1.54, 1.807) is 18.2 Å². The maximum Gasteiger partial charge on any atom is 0.259 e. The van der Waals surface area contributed by atoms with E-state index in [0.29, 0.717) is 16.1 Å². The highest BCUT2D eigenvalue weighted by molar-refractivity contribution is 7.99. The van der Waals surface area contributed by atoms with E-state index in [-0.39, 0.29) is 23.3 Å². The number of hydrogen-bond donors (Lipinski definition) is 2. The van der Waals surface area contributed by atoms with Crippen LogP contribution >= 0.6 is 11.8 Å². The fourth-order valence-corrected chi connectivity index (χ4v) is 3.36. The van der Waals surface area contributed by atoms with Gasteiger partial charge < -0.3 is 10.3 Å². The fraction of sp³-hybridized carbons (Fsp3) is 0.250. The van der Waals surface area contributed by atoms with Crippen LogP contribution in [0, 0.1) is 0 Å². The molecule has 0 spiro atoms. The van der Waals surface area contributed by atoms with Crippen molar-refractivity contribution in [3.05, 3.63) is 70.5 Å². The zero-order valence-corrected chi connectivity index (χ0v) is 15.4. The number of rotatable bonds is 7. The summed E-state index contributed by atoms with van der Waals surface area (Å²) in [4.78, 5) is 31.3. The topological polar surface area (TPSA) is 74.8 Å². The third kappa shape index (κ3) is 4.95. The SMILES string of the molecule is C[C@@H](CCc1ccccc1)NC(=O)CSc1nc2ccccc2c(=O)[nH]1. The average Bonchev–Trinajstić information content (AvgIpc) is 2.66. The van der Waals surface area contributed by atoms with E-state index in [4.69, 9.17) is 0 Å². The van der Waals surface area contributed by atoms with E-state index in [1.807, 2.05) is 31.2 Å². The van der Waals surface area contributed by atoms with E-state index in [2.05, 4.69) is 27.4 Å². The number of carbonyl (C=O) groups excluding carboxylic acids is 1. The van der Waals surface area contributed by atoms with Crippen molar-refractivity contribution in [3.8, 4) is 0 Å². The Morgan fingerprint density at radius 3 is 2.69 bits per heavy atom. The van der Waals surface area contributed by atoms with Crippen molar-refractivity contribution in [3.63, 3.8) is 0 Å². The largest absolute Gasteiger partial charge is 0.353 e. The Hall–Kier alpha value is -2.60. The Labute approximate surface area is 156 Å². The van der Waals surface area contributed by atoms with Crippen LogP contribution in [0.4, 0.5) is 0 Å². The molecule has 0 saturated heterocycles. The quantitative estimate of drug-likeness (QED) is 0.497. The number of aryl methyl sites for hydroxylation is 1. The second kappa shape index (κ2) is 8.67. The minimum Gasteiger partial charge on any atom is -0.353 e. The van der Waals surface area contributed by atoms with E-state index in [9.17, 15) is 9.59 Å². The zero-order chi connectivity index (χ0) is 18.4. The van der Waals surface area contributed by atoms with Crippen LogP contribution in [0.25, 0.3) is 10.9 Å². The molecule has 6 heteroatoms. The van der Waals surface area contributed by atoms with Crippen LogP contribution < -0.4 is 10.9 Å². The molecule has 0 fully saturated rings. The summed E-state index contributed by atoms with van der Waals surface area (Å²) in [7, 11) is 0. The molecular weight excluding hydrogens is 346 g/mol. The van der Waals surface area contributed by atoms with Gasteiger partial charge in [-0.3, -0.25) is 9.59 Å². The Kier molecular flexibility index (Phi) is 6.07. The number of nitrogens with zero attached hydrogens (tertiary/aromatic N) is 1. The minimum atomic E-state index is -0.185. The molecule has 0 aliphatic carbocycles. The molecule has 0 unspecified atom stereocenters. The zero-order valence-electron chi connectivity index (χ0n) is 14.6. The number of para-hydroxylation sites is 1. The first-order valence-electron chi connectivity index (χ1n) is 8.57. The summed E-state index contributed by atoms with van der Waals surface area (Å²) < 4.78 is 0. The molecule has 1 amide bonds. The van der Waals surface area contributed by atoms with Crippen LogP contribution in [0.3, 0.4) is 0 Å². The monoisotopic (exact) mass is 367 g/mol. The number of nitrogens with one attached hydrogen (secondary N) is 2. The molecule has 0 radical (unpaired) electrons. The van der Waals surface area contributed by atoms with Crippen LogP contribution in [0.1, 0.15) is 18.9 Å². The number of aromatic nitrogens is 2. The summed E-state index contributed by atoms with van der Waals surface area (Å²) >= 11 is 1.24. The van der Waals surface area contributed by atoms with Gasteiger partial charge in [-0.05, 0) is 37.5 Å². The van der Waals surface area contributed by atoms with Crippen molar-refractivity contribution in [2.75, 3.05) is 5.75 Å². The molecule has 0 saturated carbocycles. The number of thioether (sulfide) groups is 1. The fourth-order valence-electron chi connectivity index (χ4n) is 2.68. The molecule has 134 valence electrons. The van der Waals surface area contributed by atoms with Crippen LogP contribution in [0.5, 0.6) is 0 Å². The summed E-state index contributed by atoms with van der Waals surface area (Å²) in [5.41, 5.74) is 1.71. The number of amides is 1. The maximum absolute atomic E-state index is 12.1. The summed E-state index contributed by atoms with van der Waals surface area (Å²) in [6.07, 6.45) is 1.81. The maximum atomic E-state index is 12.1. The molecule has 3 rings (SSSR count). The number of benzene rings is 2. The number of aromatic amines is 1. The lowest BCUT2D eigenvalue weighted by Gasteiger charge is -2.13. The summed E-state index contributed by atoms with van der Waals surface area (Å²) in [5.74, 6) is 0.156. The molecule has 2 aromatic carbocycles. The van der Waals surface area contributed by atoms with Gasteiger partial charge in [0.1, 0.15) is 0 Å². The highest BCUT2D eigenvalue weighted by Gasteiger charge is 2.10. The molecule has 2 N–H and O–H groups in total. The number of carbonyl (C=O) groups is 1. The molecule has 3 aromatic rings. The van der Waals surface area contributed by atoms with E-state index in [0.717, 1.165) is 12.8 Å². The highest BCUT2D eigenvalue weighted by Crippen LogP contribution is 2.14. The van der Waals surface area contributed by atoms with Crippen LogP contribution in [-0.4, -0.2) is 27.7 Å². The van der Waals surface area contributed by atoms with Gasteiger partial charge in [0.2, 0.25) is 5.91 Å². The third-order valence-electron chi connectivity index (χ3n) is 4.05. The molecular formula is C20H21N3O2S. The molecule has 0 aliphatic rings. The number of fused-ring (bicyclic) bond motifs is 1. The summed E-state index contributed by atoms with van der Waals surface area (Å²) in [5, 5.41) is 4.00. The minimum absolute atomic E-state index is 0.0635. The van der Waals surface area contributed by atoms with Crippen LogP contribution in [-0.2, 0) is 11.2 Å². The summed E-state index contributed by atoms with van der Waals surface area (Å²) in [6.45, 7) is 2.00. The normalized spacial score (nSPS) is 12.0. The lowest BCUT2D eigenvalue weighted by Crippen LogP contribution is -2.34. The van der Waals surface area contributed by atoms with Gasteiger partial charge in [-0.1, -0.05) is 54.2 Å². The van der Waals surface area contributed by atoms with E-state index >= 15 is 0 Å². The van der Waals surface area contributed by atoms with Gasteiger partial charge in [0.15, 0.2) is 5.16 Å². The van der Waals surface area contributed by atoms with E-state index < -0.39 is 0 Å². The van der Waals surface area contributed by atoms with Crippen molar-refractivity contribution in [1.29, 1.82) is 0 Å². The van der Waals surface area contributed by atoms with Crippen molar-refractivity contribution < 1.29 is 4.79 Å². The van der Waals surface area contributed by atoms with Crippen LogP contribution in [0.2, 0.25) is 0 Å². The first-order valence-corrected chi connectivity index (χ1v) is 9.55. The van der Waals surface area contributed by atoms with Gasteiger partial charge >= 0.3 is 0 Å². The molecule has 1 aromatic heterocycles. The van der Waals surface area contributed by atoms with Gasteiger partial charge in [0.05, 0.1) is 16.7 Å². The van der Waals surface area contributed by atoms with Crippen LogP contribution in [0.15, 0.2) is 64.5 Å². The van der Waals surface area contributed by atoms with E-state index in [1.165, 1.54) is 17.3 Å². The molecule has 26 heavy (non-hydrogen) atoms. The van der Waals surface area contributed by atoms with Crippen molar-refractivity contribution >= 4 is 28.6 Å². The van der Waals surface area contributed by atoms with Gasteiger partial charge in [-0.2, -0.15) is 0 Å². The Bertz CT molecular complexity index is 940. The third-order valence-corrected chi connectivity index (χ3v) is 4.92. The predicted molar refractivity (Wildman–Crippen MR) is 105 cm³/mol. The lowest BCUT2D eigenvalue weighted by atomic mass is 10.1. The second-order valence-corrected chi connectivity index (χ2v) is 7.13. The lowest BCUT2D eigenvalue weighted by molar-refractivity contribution is -0.119. The molecule has 1 heterocycles. The van der Waals surface area contributed by atoms with Crippen molar-refractivity contribution in [2.24, 2.45) is 0 Å². The van der Waals surface area contributed by atoms with Gasteiger partial charge in [-0.15, -0.1) is 0 Å². The van der Waals surface area contributed by atoms with Gasteiger partial charge in [-0.25, -0.2) is 4.98 Å². The molecule has 1 atom stereocenters. The standard InChI is InChI=1S/C20H21N3O2S/c1-14(11-12-15-7-3-2-4-8-15)21-18(24)13-26-20-22-17-10-6-5-9-16(17)19(25)23-20/h2-10,14H,11-13H2,1H3,(H,21,24)(H,22,23,25)/t14-/m0/s1. The number of hydrogen-bond acceptors (Lipinski definition) is 4.